The normalized spacial score (nSPS) is 13.5. The Morgan fingerprint density at radius 2 is 1.92 bits per heavy atom. The molecule has 0 spiro atoms. The van der Waals surface area contributed by atoms with Gasteiger partial charge in [0.05, 0.1) is 17.9 Å². The van der Waals surface area contributed by atoms with Gasteiger partial charge < -0.3 is 5.32 Å². The summed E-state index contributed by atoms with van der Waals surface area (Å²) in [7, 11) is 0. The van der Waals surface area contributed by atoms with E-state index in [2.05, 4.69) is 26.3 Å². The van der Waals surface area contributed by atoms with Crippen molar-refractivity contribution < 1.29 is 14.0 Å². The molecule has 0 fully saturated rings. The average molecular weight is 418 g/mol. The summed E-state index contributed by atoms with van der Waals surface area (Å²) in [5, 5.41) is 8.22. The SMILES string of the molecule is O=C(CCC(=O)N1CCC(c2ccccc2)=N1)Nc1ccc(Br)cc1F. The molecule has 7 heteroatoms. The van der Waals surface area contributed by atoms with Gasteiger partial charge in [-0.2, -0.15) is 5.10 Å². The Bertz CT molecular complexity index is 855. The molecular weight excluding hydrogens is 401 g/mol. The molecule has 1 aliphatic heterocycles. The summed E-state index contributed by atoms with van der Waals surface area (Å²) < 4.78 is 14.3. The lowest BCUT2D eigenvalue weighted by Gasteiger charge is -2.11. The number of carbonyl (C=O) groups excluding carboxylic acids is 2. The number of rotatable bonds is 5. The van der Waals surface area contributed by atoms with Gasteiger partial charge in [-0.05, 0) is 23.8 Å². The number of hydrazone groups is 1. The Morgan fingerprint density at radius 3 is 2.65 bits per heavy atom. The fraction of sp³-hybridized carbons (Fsp3) is 0.211. The number of hydrogen-bond acceptors (Lipinski definition) is 3. The first-order valence-corrected chi connectivity index (χ1v) is 9.00. The molecule has 2 aromatic carbocycles. The van der Waals surface area contributed by atoms with Crippen LogP contribution in [0.25, 0.3) is 0 Å². The lowest BCUT2D eigenvalue weighted by atomic mass is 10.1. The predicted molar refractivity (Wildman–Crippen MR) is 101 cm³/mol. The summed E-state index contributed by atoms with van der Waals surface area (Å²) in [5.41, 5.74) is 1.95. The monoisotopic (exact) mass is 417 g/mol. The van der Waals surface area contributed by atoms with Gasteiger partial charge in [0.1, 0.15) is 5.82 Å². The molecule has 1 heterocycles. The standard InChI is InChI=1S/C19H17BrFN3O2/c20-14-6-7-17(15(21)12-14)22-18(25)8-9-19(26)24-11-10-16(23-24)13-4-2-1-3-5-13/h1-7,12H,8-11H2,(H,22,25). The Balaban J connectivity index is 1.52. The van der Waals surface area contributed by atoms with Crippen molar-refractivity contribution in [1.29, 1.82) is 0 Å². The molecule has 0 unspecified atom stereocenters. The smallest absolute Gasteiger partial charge is 0.243 e. The summed E-state index contributed by atoms with van der Waals surface area (Å²) in [6.45, 7) is 0.506. The van der Waals surface area contributed by atoms with Crippen LogP contribution in [0.5, 0.6) is 0 Å². The molecule has 2 aromatic rings. The van der Waals surface area contributed by atoms with E-state index in [0.29, 0.717) is 17.4 Å². The summed E-state index contributed by atoms with van der Waals surface area (Å²) >= 11 is 3.16. The zero-order chi connectivity index (χ0) is 18.5. The fourth-order valence-electron chi connectivity index (χ4n) is 2.62. The van der Waals surface area contributed by atoms with E-state index in [-0.39, 0.29) is 24.4 Å². The van der Waals surface area contributed by atoms with Gasteiger partial charge in [-0.1, -0.05) is 46.3 Å². The van der Waals surface area contributed by atoms with Gasteiger partial charge in [0.25, 0.3) is 0 Å². The Kier molecular flexibility index (Phi) is 5.78. The van der Waals surface area contributed by atoms with E-state index in [1.165, 1.54) is 17.1 Å². The van der Waals surface area contributed by atoms with Crippen LogP contribution in [-0.4, -0.2) is 29.1 Å². The number of amides is 2. The first kappa shape index (κ1) is 18.3. The molecule has 1 N–H and O–H groups in total. The van der Waals surface area contributed by atoms with E-state index in [4.69, 9.17) is 0 Å². The first-order chi connectivity index (χ1) is 12.5. The maximum Gasteiger partial charge on any atom is 0.243 e. The number of benzene rings is 2. The van der Waals surface area contributed by atoms with Gasteiger partial charge >= 0.3 is 0 Å². The molecule has 0 aromatic heterocycles. The highest BCUT2D eigenvalue weighted by atomic mass is 79.9. The number of nitrogens with one attached hydrogen (secondary N) is 1. The molecule has 0 atom stereocenters. The highest BCUT2D eigenvalue weighted by molar-refractivity contribution is 9.10. The number of hydrogen-bond donors (Lipinski definition) is 1. The van der Waals surface area contributed by atoms with E-state index in [1.807, 2.05) is 30.3 Å². The average Bonchev–Trinajstić information content (AvgIpc) is 3.13. The predicted octanol–water partition coefficient (Wildman–Crippen LogP) is 3.94. The zero-order valence-corrected chi connectivity index (χ0v) is 15.5. The van der Waals surface area contributed by atoms with Crippen LogP contribution >= 0.6 is 15.9 Å². The maximum atomic E-state index is 13.7. The van der Waals surface area contributed by atoms with Crippen LogP contribution in [-0.2, 0) is 9.59 Å². The molecule has 2 amide bonds. The summed E-state index contributed by atoms with van der Waals surface area (Å²) in [6.07, 6.45) is 0.683. The van der Waals surface area contributed by atoms with Gasteiger partial charge in [-0.25, -0.2) is 9.40 Å². The van der Waals surface area contributed by atoms with Crippen molar-refractivity contribution in [3.63, 3.8) is 0 Å². The third-order valence-corrected chi connectivity index (χ3v) is 4.46. The van der Waals surface area contributed by atoms with Gasteiger partial charge in [0.15, 0.2) is 0 Å². The molecule has 0 bridgehead atoms. The molecule has 5 nitrogen and oxygen atoms in total. The Labute approximate surface area is 159 Å². The minimum absolute atomic E-state index is 0.0234. The largest absolute Gasteiger partial charge is 0.324 e. The molecule has 26 heavy (non-hydrogen) atoms. The minimum Gasteiger partial charge on any atom is -0.324 e. The van der Waals surface area contributed by atoms with Crippen LogP contribution in [0.1, 0.15) is 24.8 Å². The first-order valence-electron chi connectivity index (χ1n) is 8.21. The van der Waals surface area contributed by atoms with Crippen LogP contribution in [0.15, 0.2) is 58.1 Å². The fourth-order valence-corrected chi connectivity index (χ4v) is 2.96. The Morgan fingerprint density at radius 1 is 1.15 bits per heavy atom. The summed E-state index contributed by atoms with van der Waals surface area (Å²) in [4.78, 5) is 24.2. The molecule has 134 valence electrons. The van der Waals surface area contributed by atoms with Crippen LogP contribution in [0.3, 0.4) is 0 Å². The van der Waals surface area contributed by atoms with Crippen molar-refractivity contribution in [3.8, 4) is 0 Å². The van der Waals surface area contributed by atoms with Gasteiger partial charge in [-0.15, -0.1) is 0 Å². The third kappa shape index (κ3) is 4.54. The highest BCUT2D eigenvalue weighted by Gasteiger charge is 2.22. The molecule has 0 saturated heterocycles. The van der Waals surface area contributed by atoms with Gasteiger partial charge in [0.2, 0.25) is 11.8 Å². The highest BCUT2D eigenvalue weighted by Crippen LogP contribution is 2.20. The number of anilines is 1. The van der Waals surface area contributed by atoms with Crippen LogP contribution in [0, 0.1) is 5.82 Å². The second-order valence-electron chi connectivity index (χ2n) is 5.85. The summed E-state index contributed by atoms with van der Waals surface area (Å²) in [6, 6.07) is 14.0. The second kappa shape index (κ2) is 8.23. The van der Waals surface area contributed by atoms with Crippen molar-refractivity contribution in [2.45, 2.75) is 19.3 Å². The Hall–Kier alpha value is -2.54. The van der Waals surface area contributed by atoms with E-state index in [0.717, 1.165) is 11.3 Å². The van der Waals surface area contributed by atoms with Crippen molar-refractivity contribution >= 4 is 39.1 Å². The minimum atomic E-state index is -0.532. The van der Waals surface area contributed by atoms with E-state index >= 15 is 0 Å². The number of halogens is 2. The van der Waals surface area contributed by atoms with Crippen LogP contribution in [0.4, 0.5) is 10.1 Å². The molecule has 0 saturated carbocycles. The van der Waals surface area contributed by atoms with E-state index < -0.39 is 11.7 Å². The zero-order valence-electron chi connectivity index (χ0n) is 13.9. The number of nitrogens with zero attached hydrogens (tertiary/aromatic N) is 2. The quantitative estimate of drug-likeness (QED) is 0.800. The molecule has 0 radical (unpaired) electrons. The van der Waals surface area contributed by atoms with E-state index in [1.54, 1.807) is 6.07 Å². The lowest BCUT2D eigenvalue weighted by Crippen LogP contribution is -2.25. The lowest BCUT2D eigenvalue weighted by molar-refractivity contribution is -0.132. The topological polar surface area (TPSA) is 61.8 Å². The van der Waals surface area contributed by atoms with Crippen molar-refractivity contribution in [1.82, 2.24) is 5.01 Å². The van der Waals surface area contributed by atoms with Gasteiger partial charge in [0, 0.05) is 23.7 Å². The maximum absolute atomic E-state index is 13.7. The van der Waals surface area contributed by atoms with Crippen molar-refractivity contribution in [2.75, 3.05) is 11.9 Å². The molecule has 3 rings (SSSR count). The number of carbonyl (C=O) groups is 2. The second-order valence-corrected chi connectivity index (χ2v) is 6.77. The molecular formula is C19H17BrFN3O2. The molecule has 0 aliphatic carbocycles. The van der Waals surface area contributed by atoms with Crippen molar-refractivity contribution in [3.05, 3.63) is 64.4 Å². The van der Waals surface area contributed by atoms with Crippen LogP contribution < -0.4 is 5.32 Å². The van der Waals surface area contributed by atoms with E-state index in [9.17, 15) is 14.0 Å². The molecule has 1 aliphatic rings. The van der Waals surface area contributed by atoms with Crippen LogP contribution in [0.2, 0.25) is 0 Å². The van der Waals surface area contributed by atoms with Gasteiger partial charge in [-0.3, -0.25) is 9.59 Å². The summed E-state index contributed by atoms with van der Waals surface area (Å²) in [5.74, 6) is -1.16. The van der Waals surface area contributed by atoms with Crippen molar-refractivity contribution in [2.24, 2.45) is 5.10 Å². The third-order valence-electron chi connectivity index (χ3n) is 3.97.